The summed E-state index contributed by atoms with van der Waals surface area (Å²) in [4.78, 5) is 41.5. The van der Waals surface area contributed by atoms with Crippen molar-refractivity contribution in [2.75, 3.05) is 0 Å². The van der Waals surface area contributed by atoms with E-state index in [9.17, 15) is 40.2 Å². The van der Waals surface area contributed by atoms with E-state index >= 15 is 0 Å². The lowest BCUT2D eigenvalue weighted by atomic mass is 10.1. The number of carbonyl (C=O) groups is 1. The van der Waals surface area contributed by atoms with Gasteiger partial charge in [0.05, 0.1) is 20.8 Å². The summed E-state index contributed by atoms with van der Waals surface area (Å²) in [5.74, 6) is -2.56. The molecule has 0 aliphatic carbocycles. The molecular formula is C13H7N3O9. The molecule has 1 N–H and O–H groups in total. The van der Waals surface area contributed by atoms with Crippen LogP contribution in [-0.2, 0) is 0 Å². The zero-order valence-electron chi connectivity index (χ0n) is 12.0. The van der Waals surface area contributed by atoms with E-state index < -0.39 is 43.4 Å². The van der Waals surface area contributed by atoms with Crippen LogP contribution in [0.25, 0.3) is 0 Å². The number of phenols is 1. The Hall–Kier alpha value is -4.09. The van der Waals surface area contributed by atoms with Gasteiger partial charge in [-0.05, 0) is 12.1 Å². The molecule has 0 saturated carbocycles. The van der Waals surface area contributed by atoms with Crippen LogP contribution in [0.4, 0.5) is 17.1 Å². The van der Waals surface area contributed by atoms with E-state index in [1.165, 1.54) is 0 Å². The number of rotatable bonds is 5. The number of esters is 1. The predicted molar refractivity (Wildman–Crippen MR) is 79.5 cm³/mol. The van der Waals surface area contributed by atoms with E-state index in [4.69, 9.17) is 4.74 Å². The van der Waals surface area contributed by atoms with Gasteiger partial charge in [-0.15, -0.1) is 0 Å². The first-order valence-corrected chi connectivity index (χ1v) is 6.33. The van der Waals surface area contributed by atoms with Crippen molar-refractivity contribution in [1.29, 1.82) is 0 Å². The molecule has 0 amide bonds. The molecule has 2 rings (SSSR count). The van der Waals surface area contributed by atoms with Crippen molar-refractivity contribution in [1.82, 2.24) is 0 Å². The zero-order chi connectivity index (χ0) is 18.7. The highest BCUT2D eigenvalue weighted by atomic mass is 16.6. The van der Waals surface area contributed by atoms with Crippen molar-refractivity contribution >= 4 is 23.0 Å². The third kappa shape index (κ3) is 3.64. The quantitative estimate of drug-likeness (QED) is 0.367. The van der Waals surface area contributed by atoms with Gasteiger partial charge in [0.15, 0.2) is 0 Å². The molecule has 25 heavy (non-hydrogen) atoms. The van der Waals surface area contributed by atoms with Gasteiger partial charge in [-0.25, -0.2) is 4.79 Å². The summed E-state index contributed by atoms with van der Waals surface area (Å²) in [6.07, 6.45) is 0. The molecule has 0 saturated heterocycles. The molecule has 0 aliphatic rings. The maximum atomic E-state index is 12.0. The highest BCUT2D eigenvalue weighted by molar-refractivity contribution is 5.96. The van der Waals surface area contributed by atoms with Crippen molar-refractivity contribution in [3.05, 3.63) is 72.3 Å². The first-order chi connectivity index (χ1) is 11.7. The molecule has 2 aromatic rings. The van der Waals surface area contributed by atoms with Crippen LogP contribution >= 0.6 is 0 Å². The highest BCUT2D eigenvalue weighted by Gasteiger charge is 2.28. The number of non-ortho nitro benzene ring substituents is 2. The third-order valence-electron chi connectivity index (χ3n) is 2.96. The molecule has 0 aromatic heterocycles. The van der Waals surface area contributed by atoms with Gasteiger partial charge in [-0.1, -0.05) is 0 Å². The molecule has 12 nitrogen and oxygen atoms in total. The lowest BCUT2D eigenvalue weighted by molar-refractivity contribution is -0.394. The lowest BCUT2D eigenvalue weighted by Crippen LogP contribution is -2.10. The topological polar surface area (TPSA) is 176 Å². The van der Waals surface area contributed by atoms with Crippen LogP contribution in [0.1, 0.15) is 10.4 Å². The Morgan fingerprint density at radius 3 is 1.92 bits per heavy atom. The van der Waals surface area contributed by atoms with Crippen molar-refractivity contribution in [2.24, 2.45) is 0 Å². The minimum Gasteiger partial charge on any atom is -0.501 e. The van der Waals surface area contributed by atoms with Crippen molar-refractivity contribution < 1.29 is 29.4 Å². The van der Waals surface area contributed by atoms with Crippen LogP contribution in [0, 0.1) is 30.3 Å². The van der Waals surface area contributed by atoms with Crippen LogP contribution in [0.3, 0.4) is 0 Å². The van der Waals surface area contributed by atoms with Crippen LogP contribution in [0.2, 0.25) is 0 Å². The first kappa shape index (κ1) is 17.3. The Labute approximate surface area is 137 Å². The number of hydrogen-bond donors (Lipinski definition) is 1. The van der Waals surface area contributed by atoms with Crippen LogP contribution in [0.5, 0.6) is 11.5 Å². The van der Waals surface area contributed by atoms with Crippen molar-refractivity contribution in [3.8, 4) is 11.5 Å². The van der Waals surface area contributed by atoms with E-state index in [0.717, 1.165) is 24.3 Å². The first-order valence-electron chi connectivity index (χ1n) is 6.33. The Morgan fingerprint density at radius 1 is 0.880 bits per heavy atom. The minimum absolute atomic E-state index is 0.163. The zero-order valence-corrected chi connectivity index (χ0v) is 12.0. The van der Waals surface area contributed by atoms with E-state index in [2.05, 4.69) is 0 Å². The summed E-state index contributed by atoms with van der Waals surface area (Å²) in [6.45, 7) is 0. The molecule has 128 valence electrons. The van der Waals surface area contributed by atoms with Crippen LogP contribution < -0.4 is 4.74 Å². The maximum Gasteiger partial charge on any atom is 0.347 e. The molecule has 0 aliphatic heterocycles. The fourth-order valence-electron chi connectivity index (χ4n) is 1.80. The number of ether oxygens (including phenoxy) is 1. The maximum absolute atomic E-state index is 12.0. The number of aromatic hydroxyl groups is 1. The van der Waals surface area contributed by atoms with Gasteiger partial charge >= 0.3 is 11.7 Å². The molecule has 0 unspecified atom stereocenters. The Kier molecular flexibility index (Phi) is 4.54. The minimum atomic E-state index is -1.31. The number of hydrogen-bond acceptors (Lipinski definition) is 9. The average molecular weight is 349 g/mol. The van der Waals surface area contributed by atoms with E-state index in [0.29, 0.717) is 12.1 Å². The molecule has 0 bridgehead atoms. The second-order valence-electron chi connectivity index (χ2n) is 4.52. The summed E-state index contributed by atoms with van der Waals surface area (Å²) in [5, 5.41) is 42.0. The van der Waals surface area contributed by atoms with Gasteiger partial charge < -0.3 is 9.84 Å². The van der Waals surface area contributed by atoms with E-state index in [1.807, 2.05) is 0 Å². The summed E-state index contributed by atoms with van der Waals surface area (Å²) < 4.78 is 4.82. The Morgan fingerprint density at radius 2 is 1.44 bits per heavy atom. The van der Waals surface area contributed by atoms with Gasteiger partial charge in [-0.3, -0.25) is 30.3 Å². The summed E-state index contributed by atoms with van der Waals surface area (Å²) >= 11 is 0. The standard InChI is InChI=1S/C13H7N3O9/c17-12-10(5-8(15(21)22)6-11(12)16(23)24)13(18)25-9-3-1-7(2-4-9)14(19)20/h1-6,17H. The second-order valence-corrected chi connectivity index (χ2v) is 4.52. The fraction of sp³-hybridized carbons (Fsp3) is 0. The van der Waals surface area contributed by atoms with Gasteiger partial charge in [0.1, 0.15) is 11.3 Å². The molecular weight excluding hydrogens is 342 g/mol. The van der Waals surface area contributed by atoms with Crippen LogP contribution in [-0.4, -0.2) is 25.8 Å². The summed E-state index contributed by atoms with van der Waals surface area (Å²) in [6, 6.07) is 5.36. The predicted octanol–water partition coefficient (Wildman–Crippen LogP) is 2.34. The van der Waals surface area contributed by atoms with E-state index in [-0.39, 0.29) is 11.4 Å². The number of benzene rings is 2. The largest absolute Gasteiger partial charge is 0.501 e. The molecule has 0 spiro atoms. The lowest BCUT2D eigenvalue weighted by Gasteiger charge is -2.06. The molecule has 2 aromatic carbocycles. The van der Waals surface area contributed by atoms with Crippen LogP contribution in [0.15, 0.2) is 36.4 Å². The van der Waals surface area contributed by atoms with Gasteiger partial charge in [-0.2, -0.15) is 0 Å². The third-order valence-corrected chi connectivity index (χ3v) is 2.96. The van der Waals surface area contributed by atoms with Gasteiger partial charge in [0, 0.05) is 18.2 Å². The number of nitro groups is 3. The van der Waals surface area contributed by atoms with Gasteiger partial charge in [0.2, 0.25) is 5.75 Å². The Bertz CT molecular complexity index is 892. The molecule has 0 heterocycles. The smallest absolute Gasteiger partial charge is 0.347 e. The average Bonchev–Trinajstić information content (AvgIpc) is 2.54. The number of carbonyl (C=O) groups excluding carboxylic acids is 1. The highest BCUT2D eigenvalue weighted by Crippen LogP contribution is 2.35. The van der Waals surface area contributed by atoms with Gasteiger partial charge in [0.25, 0.3) is 11.4 Å². The number of nitro benzene ring substituents is 3. The molecule has 0 fully saturated rings. The van der Waals surface area contributed by atoms with Crippen molar-refractivity contribution in [3.63, 3.8) is 0 Å². The van der Waals surface area contributed by atoms with Crippen molar-refractivity contribution in [2.45, 2.75) is 0 Å². The SMILES string of the molecule is O=C(Oc1ccc([N+](=O)[O-])cc1)c1cc([N+](=O)[O-])cc([N+](=O)[O-])c1O. The normalized spacial score (nSPS) is 10.1. The number of nitrogens with zero attached hydrogens (tertiary/aromatic N) is 3. The fourth-order valence-corrected chi connectivity index (χ4v) is 1.80. The molecule has 0 atom stereocenters. The summed E-state index contributed by atoms with van der Waals surface area (Å²) in [5.41, 5.74) is -2.89. The Balaban J connectivity index is 2.39. The summed E-state index contributed by atoms with van der Waals surface area (Å²) in [7, 11) is 0. The monoisotopic (exact) mass is 349 g/mol. The molecule has 0 radical (unpaired) electrons. The van der Waals surface area contributed by atoms with E-state index in [1.54, 1.807) is 0 Å². The second kappa shape index (κ2) is 6.57. The molecule has 12 heteroatoms. The number of phenolic OH excluding ortho intramolecular Hbond substituents is 1.